The zero-order valence-corrected chi connectivity index (χ0v) is 15.5. The van der Waals surface area contributed by atoms with Gasteiger partial charge in [0, 0.05) is 30.4 Å². The lowest BCUT2D eigenvalue weighted by atomic mass is 9.97. The summed E-state index contributed by atoms with van der Waals surface area (Å²) in [6.45, 7) is 1.43. The first-order valence-electron chi connectivity index (χ1n) is 7.71. The van der Waals surface area contributed by atoms with E-state index in [1.165, 1.54) is 15.4 Å². The summed E-state index contributed by atoms with van der Waals surface area (Å²) in [4.78, 5) is 15.7. The third-order valence-electron chi connectivity index (χ3n) is 4.26. The van der Waals surface area contributed by atoms with E-state index in [0.29, 0.717) is 32.5 Å². The summed E-state index contributed by atoms with van der Waals surface area (Å²) in [6.07, 6.45) is 2.39. The number of amides is 1. The molecule has 0 bridgehead atoms. The normalized spacial score (nSPS) is 19.0. The smallest absolute Gasteiger partial charge is 0.223 e. The summed E-state index contributed by atoms with van der Waals surface area (Å²) in [7, 11) is 0.857. The van der Waals surface area contributed by atoms with Gasteiger partial charge in [0.2, 0.25) is 15.9 Å². The number of rotatable bonds is 6. The molecule has 1 fully saturated rings. The molecule has 1 amide bonds. The van der Waals surface area contributed by atoms with Crippen LogP contribution in [0.5, 0.6) is 0 Å². The van der Waals surface area contributed by atoms with Crippen molar-refractivity contribution in [3.05, 3.63) is 22.4 Å². The first-order valence-corrected chi connectivity index (χ1v) is 10.4. The van der Waals surface area contributed by atoms with Crippen molar-refractivity contribution in [2.45, 2.75) is 18.9 Å². The number of nitrogens with zero attached hydrogens (tertiary/aromatic N) is 2. The highest BCUT2D eigenvalue weighted by molar-refractivity contribution is 7.88. The van der Waals surface area contributed by atoms with Crippen LogP contribution >= 0.6 is 11.3 Å². The standard InChI is InChI=1S/C15H25N3O3S2/c1-17(2)13(14-5-4-10-22-14)11-16-15(19)12-6-8-18(9-7-12)23(3,20)21/h4-5,10,12-13H,6-9,11H2,1-3H3,(H,16,19). The number of hydrogen-bond donors (Lipinski definition) is 1. The molecule has 1 saturated heterocycles. The highest BCUT2D eigenvalue weighted by Gasteiger charge is 2.29. The van der Waals surface area contributed by atoms with E-state index in [9.17, 15) is 13.2 Å². The van der Waals surface area contributed by atoms with Gasteiger partial charge in [-0.1, -0.05) is 6.07 Å². The van der Waals surface area contributed by atoms with Crippen LogP contribution in [0, 0.1) is 5.92 Å². The molecule has 1 N–H and O–H groups in total. The van der Waals surface area contributed by atoms with Crippen molar-refractivity contribution in [1.29, 1.82) is 0 Å². The molecule has 0 saturated carbocycles. The van der Waals surface area contributed by atoms with Crippen LogP contribution in [-0.2, 0) is 14.8 Å². The Labute approximate surface area is 142 Å². The highest BCUT2D eigenvalue weighted by Crippen LogP contribution is 2.23. The van der Waals surface area contributed by atoms with Gasteiger partial charge in [-0.2, -0.15) is 0 Å². The van der Waals surface area contributed by atoms with Gasteiger partial charge in [0.15, 0.2) is 0 Å². The van der Waals surface area contributed by atoms with Crippen LogP contribution in [0.1, 0.15) is 23.8 Å². The van der Waals surface area contributed by atoms with Gasteiger partial charge in [0.1, 0.15) is 0 Å². The molecule has 130 valence electrons. The molecule has 0 radical (unpaired) electrons. The van der Waals surface area contributed by atoms with Crippen molar-refractivity contribution in [3.8, 4) is 0 Å². The fourth-order valence-corrected chi connectivity index (χ4v) is 4.61. The monoisotopic (exact) mass is 359 g/mol. The number of piperidine rings is 1. The van der Waals surface area contributed by atoms with Crippen molar-refractivity contribution in [3.63, 3.8) is 0 Å². The van der Waals surface area contributed by atoms with Gasteiger partial charge in [-0.15, -0.1) is 11.3 Å². The second kappa shape index (κ2) is 7.74. The van der Waals surface area contributed by atoms with Crippen molar-refractivity contribution >= 4 is 27.3 Å². The van der Waals surface area contributed by atoms with Crippen molar-refractivity contribution in [1.82, 2.24) is 14.5 Å². The Morgan fingerprint density at radius 3 is 2.57 bits per heavy atom. The van der Waals surface area contributed by atoms with Gasteiger partial charge in [0.25, 0.3) is 0 Å². The third-order valence-corrected chi connectivity index (χ3v) is 6.54. The number of nitrogens with one attached hydrogen (secondary N) is 1. The molecule has 0 spiro atoms. The molecule has 1 aliphatic rings. The van der Waals surface area contributed by atoms with Crippen molar-refractivity contribution < 1.29 is 13.2 Å². The molecule has 0 aromatic carbocycles. The average Bonchev–Trinajstić information content (AvgIpc) is 3.00. The quantitative estimate of drug-likeness (QED) is 0.827. The minimum absolute atomic E-state index is 0.0292. The predicted molar refractivity (Wildman–Crippen MR) is 92.9 cm³/mol. The number of sulfonamides is 1. The van der Waals surface area contributed by atoms with Gasteiger partial charge >= 0.3 is 0 Å². The van der Waals surface area contributed by atoms with Crippen LogP contribution in [0.2, 0.25) is 0 Å². The lowest BCUT2D eigenvalue weighted by Crippen LogP contribution is -2.44. The highest BCUT2D eigenvalue weighted by atomic mass is 32.2. The fourth-order valence-electron chi connectivity index (χ4n) is 2.81. The molecule has 1 aliphatic heterocycles. The van der Waals surface area contributed by atoms with E-state index in [-0.39, 0.29) is 17.9 Å². The molecular weight excluding hydrogens is 334 g/mol. The minimum Gasteiger partial charge on any atom is -0.354 e. The summed E-state index contributed by atoms with van der Waals surface area (Å²) in [5, 5.41) is 5.07. The maximum Gasteiger partial charge on any atom is 0.223 e. The van der Waals surface area contributed by atoms with E-state index < -0.39 is 10.0 Å². The Kier molecular flexibility index (Phi) is 6.19. The zero-order chi connectivity index (χ0) is 17.0. The second-order valence-electron chi connectivity index (χ2n) is 6.18. The van der Waals surface area contributed by atoms with E-state index in [4.69, 9.17) is 0 Å². The maximum atomic E-state index is 12.4. The number of hydrogen-bond acceptors (Lipinski definition) is 5. The molecular formula is C15H25N3O3S2. The Hall–Kier alpha value is -0.960. The van der Waals surface area contributed by atoms with Crippen LogP contribution in [0.4, 0.5) is 0 Å². The first kappa shape index (κ1) is 18.4. The number of carbonyl (C=O) groups excluding carboxylic acids is 1. The average molecular weight is 360 g/mol. The Morgan fingerprint density at radius 2 is 2.09 bits per heavy atom. The molecule has 1 atom stereocenters. The van der Waals surface area contributed by atoms with Gasteiger partial charge in [0.05, 0.1) is 12.3 Å². The van der Waals surface area contributed by atoms with Crippen molar-refractivity contribution in [2.24, 2.45) is 5.92 Å². The molecule has 1 aromatic rings. The molecule has 8 heteroatoms. The van der Waals surface area contributed by atoms with Crippen LogP contribution in [0.25, 0.3) is 0 Å². The molecule has 2 rings (SSSR count). The SMILES string of the molecule is CN(C)C(CNC(=O)C1CCN(S(C)(=O)=O)CC1)c1cccs1. The van der Waals surface area contributed by atoms with E-state index in [2.05, 4.69) is 16.3 Å². The van der Waals surface area contributed by atoms with E-state index >= 15 is 0 Å². The third kappa shape index (κ3) is 5.00. The van der Waals surface area contributed by atoms with Crippen LogP contribution in [-0.4, -0.2) is 63.5 Å². The topological polar surface area (TPSA) is 69.7 Å². The van der Waals surface area contributed by atoms with Crippen LogP contribution < -0.4 is 5.32 Å². The van der Waals surface area contributed by atoms with E-state index in [0.717, 1.165) is 0 Å². The number of likely N-dealkylation sites (N-methyl/N-ethyl adjacent to an activating group) is 1. The van der Waals surface area contributed by atoms with Gasteiger partial charge < -0.3 is 10.2 Å². The van der Waals surface area contributed by atoms with Gasteiger partial charge in [-0.3, -0.25) is 4.79 Å². The van der Waals surface area contributed by atoms with E-state index in [1.54, 1.807) is 11.3 Å². The summed E-state index contributed by atoms with van der Waals surface area (Å²) < 4.78 is 24.5. The molecule has 6 nitrogen and oxygen atoms in total. The summed E-state index contributed by atoms with van der Waals surface area (Å²) in [5.74, 6) is -0.0688. The Morgan fingerprint density at radius 1 is 1.43 bits per heavy atom. The molecule has 2 heterocycles. The lowest BCUT2D eigenvalue weighted by Gasteiger charge is -2.30. The Bertz CT molecular complexity index is 606. The number of carbonyl (C=O) groups is 1. The lowest BCUT2D eigenvalue weighted by molar-refractivity contribution is -0.126. The number of thiophene rings is 1. The largest absolute Gasteiger partial charge is 0.354 e. The van der Waals surface area contributed by atoms with Gasteiger partial charge in [-0.05, 0) is 38.4 Å². The summed E-state index contributed by atoms with van der Waals surface area (Å²) in [5.41, 5.74) is 0. The molecule has 0 aliphatic carbocycles. The van der Waals surface area contributed by atoms with Gasteiger partial charge in [-0.25, -0.2) is 12.7 Å². The fraction of sp³-hybridized carbons (Fsp3) is 0.667. The van der Waals surface area contributed by atoms with Crippen LogP contribution in [0.3, 0.4) is 0 Å². The Balaban J connectivity index is 1.85. The second-order valence-corrected chi connectivity index (χ2v) is 9.14. The summed E-state index contributed by atoms with van der Waals surface area (Å²) >= 11 is 1.68. The van der Waals surface area contributed by atoms with Crippen molar-refractivity contribution in [2.75, 3.05) is 40.0 Å². The van der Waals surface area contributed by atoms with E-state index in [1.807, 2.05) is 25.5 Å². The molecule has 1 unspecified atom stereocenters. The maximum absolute atomic E-state index is 12.4. The molecule has 23 heavy (non-hydrogen) atoms. The first-order chi connectivity index (χ1) is 10.8. The summed E-state index contributed by atoms with van der Waals surface area (Å²) in [6, 6.07) is 4.25. The zero-order valence-electron chi connectivity index (χ0n) is 13.9. The predicted octanol–water partition coefficient (Wildman–Crippen LogP) is 1.14. The minimum atomic E-state index is -3.15. The van der Waals surface area contributed by atoms with Crippen LogP contribution in [0.15, 0.2) is 17.5 Å². The molecule has 1 aromatic heterocycles.